The number of aryl methyl sites for hydroxylation is 2. The summed E-state index contributed by atoms with van der Waals surface area (Å²) < 4.78 is 1.21. The molecule has 0 N–H and O–H groups in total. The van der Waals surface area contributed by atoms with Crippen molar-refractivity contribution in [1.29, 1.82) is 0 Å². The lowest BCUT2D eigenvalue weighted by Crippen LogP contribution is -1.89. The summed E-state index contributed by atoms with van der Waals surface area (Å²) >= 11 is 3.76. The Bertz CT molecular complexity index is 583. The molecule has 0 unspecified atom stereocenters. The van der Waals surface area contributed by atoms with Crippen LogP contribution in [0.2, 0.25) is 0 Å². The van der Waals surface area contributed by atoms with Crippen molar-refractivity contribution in [2.75, 3.05) is 0 Å². The minimum atomic E-state index is 1.18. The normalized spacial score (nSPS) is 10.9. The Morgan fingerprint density at radius 1 is 0.696 bits per heavy atom. The van der Waals surface area contributed by atoms with Crippen molar-refractivity contribution in [2.24, 2.45) is 0 Å². The predicted octanol–water partition coefficient (Wildman–Crippen LogP) is 7.58. The summed E-state index contributed by atoms with van der Waals surface area (Å²) in [6.45, 7) is 4.51. The molecule has 0 aromatic heterocycles. The van der Waals surface area contributed by atoms with Crippen molar-refractivity contribution < 1.29 is 0 Å². The van der Waals surface area contributed by atoms with E-state index in [1.807, 2.05) is 0 Å². The molecule has 0 radical (unpaired) electrons. The van der Waals surface area contributed by atoms with Crippen molar-refractivity contribution in [3.8, 4) is 11.1 Å². The molecule has 0 spiro atoms. The third kappa shape index (κ3) is 5.80. The maximum Gasteiger partial charge on any atom is 0.0256 e. The van der Waals surface area contributed by atoms with Crippen molar-refractivity contribution in [2.45, 2.75) is 65.2 Å². The van der Waals surface area contributed by atoms with Crippen molar-refractivity contribution in [3.63, 3.8) is 0 Å². The topological polar surface area (TPSA) is 0 Å². The minimum absolute atomic E-state index is 1.18. The molecule has 0 aliphatic carbocycles. The van der Waals surface area contributed by atoms with Gasteiger partial charge in [0.2, 0.25) is 0 Å². The van der Waals surface area contributed by atoms with Crippen molar-refractivity contribution in [3.05, 3.63) is 58.1 Å². The number of benzene rings is 2. The Morgan fingerprint density at radius 3 is 1.83 bits per heavy atom. The van der Waals surface area contributed by atoms with Gasteiger partial charge in [0.05, 0.1) is 0 Å². The van der Waals surface area contributed by atoms with Crippen LogP contribution in [0.5, 0.6) is 0 Å². The summed E-state index contributed by atoms with van der Waals surface area (Å²) in [5.74, 6) is 0. The average molecular weight is 373 g/mol. The smallest absolute Gasteiger partial charge is 0.0256 e. The van der Waals surface area contributed by atoms with E-state index in [1.165, 1.54) is 78.1 Å². The molecule has 2 rings (SSSR count). The average Bonchev–Trinajstić information content (AvgIpc) is 2.56. The van der Waals surface area contributed by atoms with Crippen LogP contribution in [0.25, 0.3) is 11.1 Å². The van der Waals surface area contributed by atoms with Crippen LogP contribution in [0.15, 0.2) is 46.9 Å². The second-order valence-corrected chi connectivity index (χ2v) is 7.28. The highest BCUT2D eigenvalue weighted by molar-refractivity contribution is 9.10. The van der Waals surface area contributed by atoms with Gasteiger partial charge in [-0.3, -0.25) is 0 Å². The molecule has 2 aromatic carbocycles. The summed E-state index contributed by atoms with van der Waals surface area (Å²) in [6.07, 6.45) is 10.2. The first kappa shape index (κ1) is 18.3. The van der Waals surface area contributed by atoms with Gasteiger partial charge in [-0.2, -0.15) is 0 Å². The van der Waals surface area contributed by atoms with Crippen LogP contribution in [-0.4, -0.2) is 0 Å². The van der Waals surface area contributed by atoms with Gasteiger partial charge in [0.25, 0.3) is 0 Å². The number of hydrogen-bond acceptors (Lipinski definition) is 0. The van der Waals surface area contributed by atoms with E-state index in [1.54, 1.807) is 0 Å². The second kappa shape index (κ2) is 9.93. The third-order valence-electron chi connectivity index (χ3n) is 4.44. The molecule has 0 saturated carbocycles. The van der Waals surface area contributed by atoms with Gasteiger partial charge in [0.1, 0.15) is 0 Å². The highest BCUT2D eigenvalue weighted by Crippen LogP contribution is 2.30. The molecule has 1 heteroatoms. The molecule has 0 bridgehead atoms. The first-order chi connectivity index (χ1) is 11.2. The highest BCUT2D eigenvalue weighted by atomic mass is 79.9. The van der Waals surface area contributed by atoms with Gasteiger partial charge in [0, 0.05) is 4.47 Å². The summed E-state index contributed by atoms with van der Waals surface area (Å²) in [5, 5.41) is 0. The summed E-state index contributed by atoms with van der Waals surface area (Å²) in [6, 6.07) is 15.9. The van der Waals surface area contributed by atoms with E-state index in [9.17, 15) is 0 Å². The lowest BCUT2D eigenvalue weighted by molar-refractivity contribution is 0.717. The number of hydrogen-bond donors (Lipinski definition) is 0. The molecule has 124 valence electrons. The van der Waals surface area contributed by atoms with Crippen LogP contribution >= 0.6 is 15.9 Å². The SMILES string of the molecule is CCCCCc1ccc(-c2ccc(CCCCC)cc2Br)cc1. The number of unbranched alkanes of at least 4 members (excludes halogenated alkanes) is 4. The Balaban J connectivity index is 2.03. The Labute approximate surface area is 150 Å². The van der Waals surface area contributed by atoms with Crippen molar-refractivity contribution in [1.82, 2.24) is 0 Å². The van der Waals surface area contributed by atoms with Crippen LogP contribution in [0.4, 0.5) is 0 Å². The largest absolute Gasteiger partial charge is 0.0654 e. The Hall–Kier alpha value is -1.08. The zero-order valence-corrected chi connectivity index (χ0v) is 16.2. The maximum atomic E-state index is 3.76. The van der Waals surface area contributed by atoms with Crippen LogP contribution in [0.1, 0.15) is 63.5 Å². The Morgan fingerprint density at radius 2 is 1.26 bits per heavy atom. The van der Waals surface area contributed by atoms with E-state index in [2.05, 4.69) is 72.2 Å². The number of rotatable bonds is 9. The lowest BCUT2D eigenvalue weighted by Gasteiger charge is -2.09. The maximum absolute atomic E-state index is 3.76. The van der Waals surface area contributed by atoms with Gasteiger partial charge in [-0.25, -0.2) is 0 Å². The fraction of sp³-hybridized carbons (Fsp3) is 0.455. The van der Waals surface area contributed by atoms with Gasteiger partial charge < -0.3 is 0 Å². The van der Waals surface area contributed by atoms with Crippen LogP contribution < -0.4 is 0 Å². The monoisotopic (exact) mass is 372 g/mol. The van der Waals surface area contributed by atoms with Crippen LogP contribution in [0, 0.1) is 0 Å². The first-order valence-corrected chi connectivity index (χ1v) is 9.91. The quantitative estimate of drug-likeness (QED) is 0.397. The molecule has 0 aliphatic heterocycles. The molecule has 23 heavy (non-hydrogen) atoms. The Kier molecular flexibility index (Phi) is 7.88. The standard InChI is InChI=1S/C22H29Br/c1-3-5-7-9-18-11-14-20(15-12-18)21-16-13-19(17-22(21)23)10-8-6-4-2/h11-17H,3-10H2,1-2H3. The summed E-state index contributed by atoms with van der Waals surface area (Å²) in [7, 11) is 0. The summed E-state index contributed by atoms with van der Waals surface area (Å²) in [4.78, 5) is 0. The van der Waals surface area contributed by atoms with Gasteiger partial charge in [0.15, 0.2) is 0 Å². The van der Waals surface area contributed by atoms with Gasteiger partial charge in [-0.15, -0.1) is 0 Å². The third-order valence-corrected chi connectivity index (χ3v) is 5.09. The minimum Gasteiger partial charge on any atom is -0.0654 e. The second-order valence-electron chi connectivity index (χ2n) is 6.43. The molecule has 0 heterocycles. The zero-order valence-electron chi connectivity index (χ0n) is 14.6. The van der Waals surface area contributed by atoms with E-state index in [0.29, 0.717) is 0 Å². The fourth-order valence-corrected chi connectivity index (χ4v) is 3.61. The van der Waals surface area contributed by atoms with E-state index >= 15 is 0 Å². The zero-order chi connectivity index (χ0) is 16.5. The molecule has 2 aromatic rings. The lowest BCUT2D eigenvalue weighted by atomic mass is 9.99. The molecular weight excluding hydrogens is 344 g/mol. The van der Waals surface area contributed by atoms with E-state index in [-0.39, 0.29) is 0 Å². The molecular formula is C22H29Br. The molecule has 0 amide bonds. The molecule has 0 saturated heterocycles. The molecule has 0 fully saturated rings. The highest BCUT2D eigenvalue weighted by Gasteiger charge is 2.05. The molecule has 0 nitrogen and oxygen atoms in total. The van der Waals surface area contributed by atoms with E-state index in [4.69, 9.17) is 0 Å². The fourth-order valence-electron chi connectivity index (χ4n) is 2.96. The van der Waals surface area contributed by atoms with Crippen LogP contribution in [0.3, 0.4) is 0 Å². The van der Waals surface area contributed by atoms with Crippen LogP contribution in [-0.2, 0) is 12.8 Å². The summed E-state index contributed by atoms with van der Waals surface area (Å²) in [5.41, 5.74) is 5.49. The van der Waals surface area contributed by atoms with Crippen molar-refractivity contribution >= 4 is 15.9 Å². The molecule has 0 aliphatic rings. The first-order valence-electron chi connectivity index (χ1n) is 9.12. The predicted molar refractivity (Wildman–Crippen MR) is 106 cm³/mol. The number of halogens is 1. The van der Waals surface area contributed by atoms with E-state index in [0.717, 1.165) is 0 Å². The molecule has 0 atom stereocenters. The van der Waals surface area contributed by atoms with Gasteiger partial charge >= 0.3 is 0 Å². The van der Waals surface area contributed by atoms with Gasteiger partial charge in [-0.1, -0.05) is 91.9 Å². The van der Waals surface area contributed by atoms with Gasteiger partial charge in [-0.05, 0) is 54.0 Å². The van der Waals surface area contributed by atoms with E-state index < -0.39 is 0 Å².